The molecule has 1 aliphatic rings. The van der Waals surface area contributed by atoms with E-state index in [4.69, 9.17) is 4.74 Å². The molecule has 4 rings (SSSR count). The van der Waals surface area contributed by atoms with Crippen LogP contribution in [0.15, 0.2) is 79.1 Å². The molecule has 1 unspecified atom stereocenters. The van der Waals surface area contributed by atoms with Gasteiger partial charge in [-0.2, -0.15) is 0 Å². The number of carbonyl (C=O) groups excluding carboxylic acids is 1. The van der Waals surface area contributed by atoms with Crippen LogP contribution in [0.4, 0.5) is 5.69 Å². The molecule has 1 fully saturated rings. The number of amides is 1. The molecule has 0 bridgehead atoms. The first kappa shape index (κ1) is 20.1. The van der Waals surface area contributed by atoms with Gasteiger partial charge in [0.2, 0.25) is 5.91 Å². The summed E-state index contributed by atoms with van der Waals surface area (Å²) in [6.45, 7) is 1.88. The number of rotatable bonds is 7. The van der Waals surface area contributed by atoms with Crippen LogP contribution < -0.4 is 10.1 Å². The minimum atomic E-state index is -0.0752. The first-order chi connectivity index (χ1) is 14.8. The standard InChI is InChI=1S/C25H27N3O2/c29-25(24-10-4-5-17-28(24)18-15-20-7-2-1-3-8-20)27-21-11-13-22(14-12-21)30-23-9-6-16-26-19-23/h1-3,6-9,11-14,16,19,24H,4-5,10,15,17-18H2,(H,27,29). The van der Waals surface area contributed by atoms with Crippen LogP contribution in [0.3, 0.4) is 0 Å². The largest absolute Gasteiger partial charge is 0.456 e. The van der Waals surface area contributed by atoms with Crippen LogP contribution in [0.2, 0.25) is 0 Å². The zero-order valence-corrected chi connectivity index (χ0v) is 17.0. The number of nitrogens with zero attached hydrogens (tertiary/aromatic N) is 2. The summed E-state index contributed by atoms with van der Waals surface area (Å²) in [6.07, 6.45) is 7.49. The number of hydrogen-bond donors (Lipinski definition) is 1. The highest BCUT2D eigenvalue weighted by molar-refractivity contribution is 5.94. The maximum Gasteiger partial charge on any atom is 0.241 e. The predicted octanol–water partition coefficient (Wildman–Crippen LogP) is 4.91. The van der Waals surface area contributed by atoms with Crippen molar-refractivity contribution in [1.29, 1.82) is 0 Å². The van der Waals surface area contributed by atoms with Gasteiger partial charge in [-0.25, -0.2) is 0 Å². The highest BCUT2D eigenvalue weighted by Crippen LogP contribution is 2.23. The van der Waals surface area contributed by atoms with Gasteiger partial charge in [-0.1, -0.05) is 36.8 Å². The van der Waals surface area contributed by atoms with Crippen molar-refractivity contribution < 1.29 is 9.53 Å². The number of benzene rings is 2. The number of aromatic nitrogens is 1. The predicted molar refractivity (Wildman–Crippen MR) is 119 cm³/mol. The lowest BCUT2D eigenvalue weighted by molar-refractivity contribution is -0.122. The Morgan fingerprint density at radius 1 is 1.00 bits per heavy atom. The number of anilines is 1. The van der Waals surface area contributed by atoms with Crippen molar-refractivity contribution in [2.75, 3.05) is 18.4 Å². The van der Waals surface area contributed by atoms with Crippen LogP contribution in [0.1, 0.15) is 24.8 Å². The average Bonchev–Trinajstić information content (AvgIpc) is 2.80. The topological polar surface area (TPSA) is 54.5 Å². The lowest BCUT2D eigenvalue weighted by Crippen LogP contribution is -2.47. The molecule has 1 aromatic heterocycles. The van der Waals surface area contributed by atoms with Crippen molar-refractivity contribution in [2.24, 2.45) is 0 Å². The van der Waals surface area contributed by atoms with E-state index in [1.165, 1.54) is 5.56 Å². The molecule has 1 saturated heterocycles. The number of ether oxygens (including phenoxy) is 1. The molecule has 1 aliphatic heterocycles. The van der Waals surface area contributed by atoms with E-state index in [2.05, 4.69) is 39.5 Å². The summed E-state index contributed by atoms with van der Waals surface area (Å²) in [7, 11) is 0. The van der Waals surface area contributed by atoms with Crippen molar-refractivity contribution >= 4 is 11.6 Å². The van der Waals surface area contributed by atoms with Gasteiger partial charge in [-0.05, 0) is 67.8 Å². The van der Waals surface area contributed by atoms with E-state index in [1.54, 1.807) is 12.4 Å². The van der Waals surface area contributed by atoms with Crippen LogP contribution in [0.5, 0.6) is 11.5 Å². The number of carbonyl (C=O) groups is 1. The number of hydrogen-bond acceptors (Lipinski definition) is 4. The first-order valence-corrected chi connectivity index (χ1v) is 10.5. The monoisotopic (exact) mass is 401 g/mol. The van der Waals surface area contributed by atoms with Crippen LogP contribution in [0.25, 0.3) is 0 Å². The first-order valence-electron chi connectivity index (χ1n) is 10.5. The molecule has 0 aliphatic carbocycles. The molecular weight excluding hydrogens is 374 g/mol. The lowest BCUT2D eigenvalue weighted by atomic mass is 10.00. The fraction of sp³-hybridized carbons (Fsp3) is 0.280. The van der Waals surface area contributed by atoms with Crippen LogP contribution in [-0.4, -0.2) is 34.9 Å². The van der Waals surface area contributed by atoms with Crippen LogP contribution in [-0.2, 0) is 11.2 Å². The van der Waals surface area contributed by atoms with Gasteiger partial charge in [0.05, 0.1) is 12.2 Å². The van der Waals surface area contributed by atoms with E-state index >= 15 is 0 Å². The summed E-state index contributed by atoms with van der Waals surface area (Å²) < 4.78 is 5.76. The van der Waals surface area contributed by atoms with Gasteiger partial charge in [-0.3, -0.25) is 14.7 Å². The Hall–Kier alpha value is -3.18. The second-order valence-corrected chi connectivity index (χ2v) is 7.59. The fourth-order valence-corrected chi connectivity index (χ4v) is 3.85. The number of piperidine rings is 1. The van der Waals surface area contributed by atoms with E-state index in [9.17, 15) is 4.79 Å². The van der Waals surface area contributed by atoms with Crippen molar-refractivity contribution in [1.82, 2.24) is 9.88 Å². The molecule has 0 spiro atoms. The maximum atomic E-state index is 13.0. The Kier molecular flexibility index (Phi) is 6.72. The zero-order chi connectivity index (χ0) is 20.6. The fourth-order valence-electron chi connectivity index (χ4n) is 3.85. The molecule has 1 N–H and O–H groups in total. The number of pyridine rings is 1. The Morgan fingerprint density at radius 3 is 2.60 bits per heavy atom. The average molecular weight is 402 g/mol. The Morgan fingerprint density at radius 2 is 1.83 bits per heavy atom. The Labute approximate surface area is 177 Å². The maximum absolute atomic E-state index is 13.0. The summed E-state index contributed by atoms with van der Waals surface area (Å²) in [5, 5.41) is 3.08. The van der Waals surface area contributed by atoms with Gasteiger partial charge < -0.3 is 10.1 Å². The van der Waals surface area contributed by atoms with E-state index in [-0.39, 0.29) is 11.9 Å². The van der Waals surface area contributed by atoms with E-state index in [1.807, 2.05) is 42.5 Å². The van der Waals surface area contributed by atoms with Gasteiger partial charge >= 0.3 is 0 Å². The van der Waals surface area contributed by atoms with Gasteiger partial charge in [0.1, 0.15) is 11.5 Å². The number of likely N-dealkylation sites (tertiary alicyclic amines) is 1. The van der Waals surface area contributed by atoms with Crippen LogP contribution >= 0.6 is 0 Å². The molecule has 5 nitrogen and oxygen atoms in total. The molecule has 30 heavy (non-hydrogen) atoms. The molecule has 0 saturated carbocycles. The summed E-state index contributed by atoms with van der Waals surface area (Å²) >= 11 is 0. The minimum absolute atomic E-state index is 0.0729. The van der Waals surface area contributed by atoms with Crippen molar-refractivity contribution in [2.45, 2.75) is 31.7 Å². The van der Waals surface area contributed by atoms with Gasteiger partial charge in [0.25, 0.3) is 0 Å². The highest BCUT2D eigenvalue weighted by Gasteiger charge is 2.28. The number of nitrogens with one attached hydrogen (secondary N) is 1. The molecule has 3 aromatic rings. The highest BCUT2D eigenvalue weighted by atomic mass is 16.5. The molecule has 1 amide bonds. The third-order valence-electron chi connectivity index (χ3n) is 5.44. The van der Waals surface area contributed by atoms with Crippen molar-refractivity contribution in [3.05, 3.63) is 84.7 Å². The van der Waals surface area contributed by atoms with E-state index in [0.717, 1.165) is 44.5 Å². The van der Waals surface area contributed by atoms with E-state index in [0.29, 0.717) is 11.5 Å². The molecular formula is C25H27N3O2. The van der Waals surface area contributed by atoms with E-state index < -0.39 is 0 Å². The van der Waals surface area contributed by atoms with Gasteiger partial charge in [-0.15, -0.1) is 0 Å². The SMILES string of the molecule is O=C(Nc1ccc(Oc2cccnc2)cc1)C1CCCCN1CCc1ccccc1. The normalized spacial score (nSPS) is 16.7. The Balaban J connectivity index is 1.34. The van der Waals surface area contributed by atoms with Crippen molar-refractivity contribution in [3.63, 3.8) is 0 Å². The molecule has 154 valence electrons. The molecule has 5 heteroatoms. The Bertz CT molecular complexity index is 930. The third-order valence-corrected chi connectivity index (χ3v) is 5.44. The molecule has 0 radical (unpaired) electrons. The second-order valence-electron chi connectivity index (χ2n) is 7.59. The lowest BCUT2D eigenvalue weighted by Gasteiger charge is -2.34. The summed E-state index contributed by atoms with van der Waals surface area (Å²) in [4.78, 5) is 19.3. The molecule has 2 aromatic carbocycles. The summed E-state index contributed by atoms with van der Waals surface area (Å²) in [5.74, 6) is 1.47. The molecule has 1 atom stereocenters. The quantitative estimate of drug-likeness (QED) is 0.611. The van der Waals surface area contributed by atoms with Gasteiger partial charge in [0.15, 0.2) is 0 Å². The van der Waals surface area contributed by atoms with Crippen LogP contribution in [0, 0.1) is 0 Å². The third kappa shape index (κ3) is 5.45. The molecule has 2 heterocycles. The van der Waals surface area contributed by atoms with Gasteiger partial charge in [0, 0.05) is 18.4 Å². The summed E-state index contributed by atoms with van der Waals surface area (Å²) in [6, 6.07) is 21.5. The smallest absolute Gasteiger partial charge is 0.241 e. The zero-order valence-electron chi connectivity index (χ0n) is 17.0. The van der Waals surface area contributed by atoms with Crippen molar-refractivity contribution in [3.8, 4) is 11.5 Å². The second kappa shape index (κ2) is 10.0. The summed E-state index contributed by atoms with van der Waals surface area (Å²) in [5.41, 5.74) is 2.10. The minimum Gasteiger partial charge on any atom is -0.456 e.